The Morgan fingerprint density at radius 1 is 1.09 bits per heavy atom. The van der Waals surface area contributed by atoms with Gasteiger partial charge in [-0.15, -0.1) is 0 Å². The summed E-state index contributed by atoms with van der Waals surface area (Å²) in [5.41, 5.74) is 12.4. The molecule has 43 heavy (non-hydrogen) atoms. The number of aromatic nitrogens is 2. The highest BCUT2D eigenvalue weighted by atomic mass is 16.5. The summed E-state index contributed by atoms with van der Waals surface area (Å²) in [5, 5.41) is 3.78. The van der Waals surface area contributed by atoms with Crippen LogP contribution in [0.4, 0.5) is 0 Å². The fourth-order valence-corrected chi connectivity index (χ4v) is 5.43. The molecule has 11 nitrogen and oxygen atoms in total. The molecule has 3 aromatic rings. The largest absolute Gasteiger partial charge is 0.465 e. The van der Waals surface area contributed by atoms with Crippen LogP contribution in [0.5, 0.6) is 0 Å². The molecule has 0 aliphatic carbocycles. The summed E-state index contributed by atoms with van der Waals surface area (Å²) < 4.78 is 6.68. The molecule has 11 heteroatoms. The molecule has 1 aliphatic rings. The van der Waals surface area contributed by atoms with E-state index < -0.39 is 5.97 Å². The fourth-order valence-electron chi connectivity index (χ4n) is 5.43. The van der Waals surface area contributed by atoms with Gasteiger partial charge in [-0.3, -0.25) is 9.59 Å². The first-order chi connectivity index (χ1) is 20.8. The lowest BCUT2D eigenvalue weighted by molar-refractivity contribution is 0.0600. The average Bonchev–Trinajstić information content (AvgIpc) is 3.43. The third-order valence-corrected chi connectivity index (χ3v) is 7.83. The Hall–Kier alpha value is -4.63. The summed E-state index contributed by atoms with van der Waals surface area (Å²) >= 11 is 0. The summed E-state index contributed by atoms with van der Waals surface area (Å²) in [6, 6.07) is 12.3. The number of aryl methyl sites for hydroxylation is 1. The molecule has 0 fully saturated rings. The fraction of sp³-hybridized carbons (Fsp3) is 0.438. The topological polar surface area (TPSA) is 134 Å². The van der Waals surface area contributed by atoms with Crippen LogP contribution in [-0.2, 0) is 24.8 Å². The molecule has 2 heterocycles. The second-order valence-corrected chi connectivity index (χ2v) is 10.8. The van der Waals surface area contributed by atoms with E-state index in [0.29, 0.717) is 43.1 Å². The zero-order valence-electron chi connectivity index (χ0n) is 25.3. The number of benzene rings is 2. The molecule has 0 saturated carbocycles. The van der Waals surface area contributed by atoms with E-state index in [0.717, 1.165) is 36.8 Å². The smallest absolute Gasteiger partial charge is 0.337 e. The highest BCUT2D eigenvalue weighted by molar-refractivity contribution is 6.03. The van der Waals surface area contributed by atoms with Crippen LogP contribution < -0.4 is 0 Å². The summed E-state index contributed by atoms with van der Waals surface area (Å²) in [7, 11) is 3.07. The van der Waals surface area contributed by atoms with Crippen LogP contribution in [0.2, 0.25) is 0 Å². The Morgan fingerprint density at radius 2 is 1.79 bits per heavy atom. The number of carbonyl (C=O) groups excluding carboxylic acids is 3. The standard InChI is InChI=1S/C32H39N7O4/c1-5-7-15-38(16-8-6-2)31(41)28-21-37(3)29(35-28)26-14-13-23(32(42)43-4)18-27(26)30(40)39-20-24-12-10-9-11-22(24)17-25(39)19-34-36-33/h9-14,18,21,25H,5-8,15-17,19-20H2,1-4H3/t25-/m0/s1. The second-order valence-electron chi connectivity index (χ2n) is 10.8. The lowest BCUT2D eigenvalue weighted by Gasteiger charge is -2.36. The maximum Gasteiger partial charge on any atom is 0.337 e. The molecule has 2 amide bonds. The monoisotopic (exact) mass is 585 g/mol. The maximum absolute atomic E-state index is 14.4. The molecule has 0 bridgehead atoms. The van der Waals surface area contributed by atoms with Crippen LogP contribution in [0.1, 0.15) is 81.9 Å². The minimum absolute atomic E-state index is 0.106. The van der Waals surface area contributed by atoms with E-state index in [4.69, 9.17) is 15.3 Å². The molecular formula is C32H39N7O4. The molecule has 0 saturated heterocycles. The second kappa shape index (κ2) is 14.5. The Morgan fingerprint density at radius 3 is 2.44 bits per heavy atom. The van der Waals surface area contributed by atoms with Gasteiger partial charge in [0.25, 0.3) is 11.8 Å². The molecule has 0 unspecified atom stereocenters. The van der Waals surface area contributed by atoms with Crippen molar-refractivity contribution in [2.75, 3.05) is 26.7 Å². The van der Waals surface area contributed by atoms with Crippen LogP contribution in [0.15, 0.2) is 53.8 Å². The Labute approximate surface area is 252 Å². The number of nitrogens with zero attached hydrogens (tertiary/aromatic N) is 7. The van der Waals surface area contributed by atoms with Crippen LogP contribution in [-0.4, -0.2) is 69.9 Å². The molecule has 1 aliphatic heterocycles. The van der Waals surface area contributed by atoms with Gasteiger partial charge in [-0.2, -0.15) is 0 Å². The normalized spacial score (nSPS) is 14.0. The molecule has 0 spiro atoms. The molecule has 0 N–H and O–H groups in total. The van der Waals surface area contributed by atoms with E-state index in [9.17, 15) is 14.4 Å². The third-order valence-electron chi connectivity index (χ3n) is 7.83. The van der Waals surface area contributed by atoms with Gasteiger partial charge in [0.2, 0.25) is 0 Å². The number of azide groups is 1. The summed E-state index contributed by atoms with van der Waals surface area (Å²) in [6.45, 7) is 5.92. The van der Waals surface area contributed by atoms with Crippen molar-refractivity contribution in [3.8, 4) is 11.4 Å². The van der Waals surface area contributed by atoms with Gasteiger partial charge in [-0.1, -0.05) is 56.1 Å². The number of imidazole rings is 1. The maximum atomic E-state index is 14.4. The Kier molecular flexibility index (Phi) is 10.6. The quantitative estimate of drug-likeness (QED) is 0.115. The van der Waals surface area contributed by atoms with E-state index >= 15 is 0 Å². The van der Waals surface area contributed by atoms with Gasteiger partial charge in [0.15, 0.2) is 0 Å². The first kappa shape index (κ1) is 31.3. The van der Waals surface area contributed by atoms with Crippen molar-refractivity contribution in [1.29, 1.82) is 0 Å². The predicted octanol–water partition coefficient (Wildman–Crippen LogP) is 5.79. The number of unbranched alkanes of at least 4 members (excludes halogenated alkanes) is 2. The SMILES string of the molecule is CCCCN(CCCC)C(=O)c1cn(C)c(-c2ccc(C(=O)OC)cc2C(=O)N2Cc3ccccc3C[C@H]2CN=[N+]=[N-])n1. The van der Waals surface area contributed by atoms with Gasteiger partial charge in [0.1, 0.15) is 11.5 Å². The molecule has 226 valence electrons. The molecule has 0 radical (unpaired) electrons. The van der Waals surface area contributed by atoms with Crippen LogP contribution in [0.3, 0.4) is 0 Å². The van der Waals surface area contributed by atoms with Crippen molar-refractivity contribution in [2.24, 2.45) is 12.2 Å². The van der Waals surface area contributed by atoms with E-state index in [1.165, 1.54) is 13.2 Å². The number of rotatable bonds is 12. The van der Waals surface area contributed by atoms with Crippen molar-refractivity contribution in [2.45, 2.75) is 58.5 Å². The molecule has 2 aromatic carbocycles. The van der Waals surface area contributed by atoms with Crippen LogP contribution in [0.25, 0.3) is 21.8 Å². The zero-order chi connectivity index (χ0) is 30.9. The first-order valence-corrected chi connectivity index (χ1v) is 14.8. The van der Waals surface area contributed by atoms with Crippen molar-refractivity contribution in [1.82, 2.24) is 19.4 Å². The highest BCUT2D eigenvalue weighted by Crippen LogP contribution is 2.30. The minimum atomic E-state index is -0.576. The number of ether oxygens (including phenoxy) is 1. The van der Waals surface area contributed by atoms with Crippen LogP contribution in [0, 0.1) is 0 Å². The number of carbonyl (C=O) groups is 3. The van der Waals surface area contributed by atoms with Crippen molar-refractivity contribution in [3.63, 3.8) is 0 Å². The van der Waals surface area contributed by atoms with Crippen molar-refractivity contribution >= 4 is 17.8 Å². The average molecular weight is 586 g/mol. The summed E-state index contributed by atoms with van der Waals surface area (Å²) in [4.78, 5) is 51.6. The number of amides is 2. The van der Waals surface area contributed by atoms with Crippen molar-refractivity contribution < 1.29 is 19.1 Å². The molecule has 1 aromatic heterocycles. The van der Waals surface area contributed by atoms with E-state index in [1.54, 1.807) is 34.8 Å². The van der Waals surface area contributed by atoms with Gasteiger partial charge in [-0.25, -0.2) is 9.78 Å². The number of hydrogen-bond donors (Lipinski definition) is 0. The number of hydrogen-bond acceptors (Lipinski definition) is 6. The number of methoxy groups -OCH3 is 1. The zero-order valence-corrected chi connectivity index (χ0v) is 25.3. The van der Waals surface area contributed by atoms with Gasteiger partial charge in [0.05, 0.1) is 18.2 Å². The molecular weight excluding hydrogens is 546 g/mol. The van der Waals surface area contributed by atoms with E-state index in [-0.39, 0.29) is 35.5 Å². The van der Waals surface area contributed by atoms with E-state index in [1.807, 2.05) is 29.2 Å². The van der Waals surface area contributed by atoms with Gasteiger partial charge >= 0.3 is 5.97 Å². The van der Waals surface area contributed by atoms with E-state index in [2.05, 4.69) is 23.9 Å². The Bertz CT molecular complexity index is 1520. The number of fused-ring (bicyclic) bond motifs is 1. The van der Waals surface area contributed by atoms with Gasteiger partial charge in [0, 0.05) is 55.9 Å². The third kappa shape index (κ3) is 7.06. The molecule has 1 atom stereocenters. The van der Waals surface area contributed by atoms with Gasteiger partial charge < -0.3 is 19.1 Å². The summed E-state index contributed by atoms with van der Waals surface area (Å²) in [5.74, 6) is -0.631. The summed E-state index contributed by atoms with van der Waals surface area (Å²) in [6.07, 6.45) is 5.97. The number of esters is 1. The lowest BCUT2D eigenvalue weighted by atomic mass is 9.92. The molecule has 4 rings (SSSR count). The minimum Gasteiger partial charge on any atom is -0.465 e. The predicted molar refractivity (Wildman–Crippen MR) is 164 cm³/mol. The highest BCUT2D eigenvalue weighted by Gasteiger charge is 2.32. The Balaban J connectivity index is 1.77. The first-order valence-electron chi connectivity index (χ1n) is 14.8. The van der Waals surface area contributed by atoms with Gasteiger partial charge in [-0.05, 0) is 54.1 Å². The van der Waals surface area contributed by atoms with Crippen molar-refractivity contribution in [3.05, 3.63) is 87.1 Å². The lowest BCUT2D eigenvalue weighted by Crippen LogP contribution is -2.46. The van der Waals surface area contributed by atoms with Crippen LogP contribution >= 0.6 is 0 Å².